The van der Waals surface area contributed by atoms with Crippen LogP contribution in [0.2, 0.25) is 0 Å². The minimum absolute atomic E-state index is 0. The van der Waals surface area contributed by atoms with Crippen molar-refractivity contribution in [3.8, 4) is 0 Å². The van der Waals surface area contributed by atoms with Crippen LogP contribution in [0.1, 0.15) is 17.7 Å². The maximum absolute atomic E-state index is 12.4. The van der Waals surface area contributed by atoms with E-state index in [9.17, 15) is 4.79 Å². The van der Waals surface area contributed by atoms with Crippen LogP contribution in [0, 0.1) is 6.92 Å². The van der Waals surface area contributed by atoms with Crippen LogP contribution in [0.4, 0.5) is 5.69 Å². The summed E-state index contributed by atoms with van der Waals surface area (Å²) in [6, 6.07) is 13.9. The summed E-state index contributed by atoms with van der Waals surface area (Å²) in [5.74, 6) is 0.835. The highest BCUT2D eigenvalue weighted by atomic mass is 127. The van der Waals surface area contributed by atoms with Crippen LogP contribution in [0.3, 0.4) is 0 Å². The number of amides is 1. The first-order chi connectivity index (χ1) is 14.1. The topological polar surface area (TPSA) is 74.0 Å². The Bertz CT molecular complexity index is 1030. The molecule has 0 bridgehead atoms. The number of carbonyl (C=O) groups excluding carboxylic acids is 1. The van der Waals surface area contributed by atoms with Crippen LogP contribution in [0.25, 0.3) is 5.65 Å². The highest BCUT2D eigenvalue weighted by Gasteiger charge is 2.30. The lowest BCUT2D eigenvalue weighted by Crippen LogP contribution is -2.45. The molecule has 3 aromatic rings. The number of para-hydroxylation sites is 1. The Kier molecular flexibility index (Phi) is 7.30. The second-order valence-electron chi connectivity index (χ2n) is 7.29. The average Bonchev–Trinajstić information content (AvgIpc) is 3.31. The van der Waals surface area contributed by atoms with E-state index in [0.717, 1.165) is 29.0 Å². The zero-order valence-corrected chi connectivity index (χ0v) is 19.5. The van der Waals surface area contributed by atoms with E-state index in [1.54, 1.807) is 7.05 Å². The summed E-state index contributed by atoms with van der Waals surface area (Å²) in [6.07, 6.45) is 5.33. The number of carbonyl (C=O) groups is 1. The summed E-state index contributed by atoms with van der Waals surface area (Å²) in [4.78, 5) is 23.2. The van der Waals surface area contributed by atoms with Crippen LogP contribution in [0.15, 0.2) is 59.9 Å². The number of guanidine groups is 1. The van der Waals surface area contributed by atoms with Crippen LogP contribution >= 0.6 is 24.0 Å². The Balaban J connectivity index is 0.00000256. The summed E-state index contributed by atoms with van der Waals surface area (Å²) < 4.78 is 2.06. The predicted molar refractivity (Wildman–Crippen MR) is 131 cm³/mol. The van der Waals surface area contributed by atoms with Gasteiger partial charge in [-0.15, -0.1) is 24.0 Å². The molecule has 1 fully saturated rings. The SMILES string of the molecule is CN=C(NCCc1cn2cccc(C)c2n1)NC1CC(=O)N(c2ccccc2)C1.I. The number of aryl methyl sites for hydroxylation is 1. The van der Waals surface area contributed by atoms with E-state index in [4.69, 9.17) is 4.98 Å². The van der Waals surface area contributed by atoms with E-state index < -0.39 is 0 Å². The highest BCUT2D eigenvalue weighted by Crippen LogP contribution is 2.20. The minimum atomic E-state index is 0. The lowest BCUT2D eigenvalue weighted by molar-refractivity contribution is -0.117. The average molecular weight is 518 g/mol. The third kappa shape index (κ3) is 4.92. The summed E-state index contributed by atoms with van der Waals surface area (Å²) >= 11 is 0. The molecule has 7 nitrogen and oxygen atoms in total. The van der Waals surface area contributed by atoms with Gasteiger partial charge >= 0.3 is 0 Å². The molecule has 8 heteroatoms. The molecule has 1 atom stereocenters. The van der Waals surface area contributed by atoms with Gasteiger partial charge in [-0.25, -0.2) is 4.98 Å². The Hall–Kier alpha value is -2.62. The monoisotopic (exact) mass is 518 g/mol. The summed E-state index contributed by atoms with van der Waals surface area (Å²) in [7, 11) is 1.75. The van der Waals surface area contributed by atoms with Crippen LogP contribution < -0.4 is 15.5 Å². The Morgan fingerprint density at radius 1 is 1.23 bits per heavy atom. The molecule has 1 amide bonds. The van der Waals surface area contributed by atoms with Crippen molar-refractivity contribution < 1.29 is 4.79 Å². The standard InChI is InChI=1S/C22H26N6O.HI/c1-16-7-6-12-27-14-17(25-21(16)27)10-11-24-22(23-2)26-18-13-20(29)28(15-18)19-8-4-3-5-9-19;/h3-9,12,14,18H,10-11,13,15H2,1-2H3,(H2,23,24,26);1H. The molecule has 4 rings (SSSR count). The molecule has 1 aromatic carbocycles. The van der Waals surface area contributed by atoms with Crippen molar-refractivity contribution in [3.05, 3.63) is 66.1 Å². The number of aliphatic imine (C=N–C) groups is 1. The molecule has 2 N–H and O–H groups in total. The van der Waals surface area contributed by atoms with E-state index in [0.29, 0.717) is 25.5 Å². The summed E-state index contributed by atoms with van der Waals surface area (Å²) in [5.41, 5.74) is 4.13. The van der Waals surface area contributed by atoms with Gasteiger partial charge in [0.15, 0.2) is 5.96 Å². The Labute approximate surface area is 193 Å². The zero-order valence-electron chi connectivity index (χ0n) is 17.2. The van der Waals surface area contributed by atoms with Gasteiger partial charge in [0.25, 0.3) is 0 Å². The highest BCUT2D eigenvalue weighted by molar-refractivity contribution is 14.0. The van der Waals surface area contributed by atoms with Crippen molar-refractivity contribution in [2.24, 2.45) is 4.99 Å². The number of pyridine rings is 1. The number of anilines is 1. The number of hydrogen-bond acceptors (Lipinski definition) is 3. The summed E-state index contributed by atoms with van der Waals surface area (Å²) in [5, 5.41) is 6.70. The number of aromatic nitrogens is 2. The molecule has 0 radical (unpaired) electrons. The number of hydrogen-bond donors (Lipinski definition) is 2. The molecular weight excluding hydrogens is 491 g/mol. The minimum Gasteiger partial charge on any atom is -0.356 e. The van der Waals surface area contributed by atoms with Gasteiger partial charge < -0.3 is 19.9 Å². The normalized spacial score (nSPS) is 16.6. The third-order valence-corrected chi connectivity index (χ3v) is 5.16. The van der Waals surface area contributed by atoms with E-state index >= 15 is 0 Å². The van der Waals surface area contributed by atoms with Gasteiger partial charge in [-0.2, -0.15) is 0 Å². The number of nitrogens with one attached hydrogen (secondary N) is 2. The number of nitrogens with zero attached hydrogens (tertiary/aromatic N) is 4. The molecule has 1 saturated heterocycles. The number of rotatable bonds is 5. The first-order valence-corrected chi connectivity index (χ1v) is 9.90. The fourth-order valence-electron chi connectivity index (χ4n) is 3.68. The maximum atomic E-state index is 12.4. The van der Waals surface area contributed by atoms with Crippen LogP contribution in [-0.2, 0) is 11.2 Å². The predicted octanol–water partition coefficient (Wildman–Crippen LogP) is 2.77. The first kappa shape index (κ1) is 22.1. The fourth-order valence-corrected chi connectivity index (χ4v) is 3.68. The van der Waals surface area contributed by atoms with Crippen molar-refractivity contribution in [1.29, 1.82) is 0 Å². The van der Waals surface area contributed by atoms with Gasteiger partial charge in [-0.3, -0.25) is 9.79 Å². The summed E-state index contributed by atoms with van der Waals surface area (Å²) in [6.45, 7) is 3.42. The molecule has 30 heavy (non-hydrogen) atoms. The molecule has 3 heterocycles. The van der Waals surface area contributed by atoms with Crippen LogP contribution in [0.5, 0.6) is 0 Å². The Morgan fingerprint density at radius 3 is 2.77 bits per heavy atom. The van der Waals surface area contributed by atoms with Gasteiger partial charge in [0.05, 0.1) is 11.7 Å². The molecule has 0 spiro atoms. The van der Waals surface area contributed by atoms with Crippen molar-refractivity contribution >= 4 is 47.2 Å². The quantitative estimate of drug-likeness (QED) is 0.310. The van der Waals surface area contributed by atoms with Crippen molar-refractivity contribution in [2.75, 3.05) is 25.0 Å². The van der Waals surface area contributed by atoms with Gasteiger partial charge in [0, 0.05) is 51.1 Å². The molecular formula is C22H27IN6O. The van der Waals surface area contributed by atoms with E-state index in [-0.39, 0.29) is 35.9 Å². The molecule has 0 aliphatic carbocycles. The van der Waals surface area contributed by atoms with Gasteiger partial charge in [0.1, 0.15) is 5.65 Å². The largest absolute Gasteiger partial charge is 0.356 e. The van der Waals surface area contributed by atoms with E-state index in [1.165, 1.54) is 0 Å². The second-order valence-corrected chi connectivity index (χ2v) is 7.29. The molecule has 2 aromatic heterocycles. The second kappa shape index (κ2) is 9.92. The number of halogens is 1. The number of benzene rings is 1. The van der Waals surface area contributed by atoms with Gasteiger partial charge in [-0.05, 0) is 30.7 Å². The van der Waals surface area contributed by atoms with Crippen molar-refractivity contribution in [1.82, 2.24) is 20.0 Å². The zero-order chi connectivity index (χ0) is 20.2. The van der Waals surface area contributed by atoms with Gasteiger partial charge in [0.2, 0.25) is 5.91 Å². The maximum Gasteiger partial charge on any atom is 0.229 e. The number of fused-ring (bicyclic) bond motifs is 1. The lowest BCUT2D eigenvalue weighted by atomic mass is 10.2. The van der Waals surface area contributed by atoms with E-state index in [1.807, 2.05) is 47.5 Å². The molecule has 158 valence electrons. The third-order valence-electron chi connectivity index (χ3n) is 5.16. The van der Waals surface area contributed by atoms with Crippen molar-refractivity contribution in [3.63, 3.8) is 0 Å². The molecule has 1 unspecified atom stereocenters. The smallest absolute Gasteiger partial charge is 0.229 e. The van der Waals surface area contributed by atoms with E-state index in [2.05, 4.69) is 39.2 Å². The Morgan fingerprint density at radius 2 is 2.03 bits per heavy atom. The first-order valence-electron chi connectivity index (χ1n) is 9.90. The van der Waals surface area contributed by atoms with Crippen molar-refractivity contribution in [2.45, 2.75) is 25.8 Å². The molecule has 0 saturated carbocycles. The molecule has 1 aliphatic heterocycles. The fraction of sp³-hybridized carbons (Fsp3) is 0.318. The molecule has 1 aliphatic rings. The van der Waals surface area contributed by atoms with Gasteiger partial charge in [-0.1, -0.05) is 24.3 Å². The lowest BCUT2D eigenvalue weighted by Gasteiger charge is -2.18. The number of imidazole rings is 1. The van der Waals surface area contributed by atoms with Crippen LogP contribution in [-0.4, -0.2) is 47.4 Å².